The van der Waals surface area contributed by atoms with E-state index in [1.54, 1.807) is 49.4 Å². The van der Waals surface area contributed by atoms with Gasteiger partial charge >= 0.3 is 0 Å². The van der Waals surface area contributed by atoms with Crippen LogP contribution in [0.25, 0.3) is 11.0 Å². The predicted molar refractivity (Wildman–Crippen MR) is 91.8 cm³/mol. The van der Waals surface area contributed by atoms with Gasteiger partial charge < -0.3 is 15.5 Å². The molecule has 1 heterocycles. The molecule has 0 bridgehead atoms. The molecule has 0 aliphatic carbocycles. The van der Waals surface area contributed by atoms with E-state index in [0.717, 1.165) is 5.39 Å². The average molecular weight is 343 g/mol. The number of fused-ring (bicyclic) bond motifs is 1. The minimum absolute atomic E-state index is 0.134. The van der Waals surface area contributed by atoms with E-state index in [0.29, 0.717) is 21.7 Å². The normalized spacial score (nSPS) is 12.1. The molecule has 0 saturated carbocycles. The second-order valence-corrected chi connectivity index (χ2v) is 5.85. The fourth-order valence-electron chi connectivity index (χ4n) is 2.57. The van der Waals surface area contributed by atoms with Gasteiger partial charge in [0, 0.05) is 16.0 Å². The molecule has 3 rings (SSSR count). The van der Waals surface area contributed by atoms with Crippen molar-refractivity contribution >= 4 is 34.4 Å². The molecule has 24 heavy (non-hydrogen) atoms. The van der Waals surface area contributed by atoms with Crippen LogP contribution in [0.4, 0.5) is 0 Å². The molecule has 1 unspecified atom stereocenters. The first-order chi connectivity index (χ1) is 11.5. The Balaban J connectivity index is 1.94. The number of primary amides is 1. The minimum Gasteiger partial charge on any atom is -0.451 e. The summed E-state index contributed by atoms with van der Waals surface area (Å²) in [5.41, 5.74) is 7.24. The van der Waals surface area contributed by atoms with Gasteiger partial charge in [0.2, 0.25) is 5.91 Å². The number of halogens is 1. The quantitative estimate of drug-likeness (QED) is 0.762. The maximum Gasteiger partial charge on any atom is 0.288 e. The van der Waals surface area contributed by atoms with Crippen molar-refractivity contribution in [2.45, 2.75) is 13.0 Å². The van der Waals surface area contributed by atoms with E-state index in [1.807, 2.05) is 6.07 Å². The van der Waals surface area contributed by atoms with Crippen molar-refractivity contribution in [1.82, 2.24) is 5.32 Å². The van der Waals surface area contributed by atoms with E-state index in [9.17, 15) is 9.59 Å². The standard InChI is InChI=1S/C18H15ClN2O3/c1-10-13-9-12(19)7-8-14(13)24-16(10)18(23)21-15(17(20)22)11-5-3-2-4-6-11/h2-9,15H,1H3,(H2,20,22)(H,21,23). The zero-order valence-corrected chi connectivity index (χ0v) is 13.6. The van der Waals surface area contributed by atoms with Gasteiger partial charge in [-0.15, -0.1) is 0 Å². The number of amides is 2. The highest BCUT2D eigenvalue weighted by Crippen LogP contribution is 2.28. The maximum absolute atomic E-state index is 12.6. The topological polar surface area (TPSA) is 85.3 Å². The molecule has 5 nitrogen and oxygen atoms in total. The molecule has 0 aliphatic heterocycles. The Morgan fingerprint density at radius 3 is 2.54 bits per heavy atom. The molecule has 2 amide bonds. The van der Waals surface area contributed by atoms with Crippen LogP contribution in [0, 0.1) is 6.92 Å². The lowest BCUT2D eigenvalue weighted by atomic mass is 10.1. The van der Waals surface area contributed by atoms with Gasteiger partial charge in [-0.05, 0) is 30.7 Å². The van der Waals surface area contributed by atoms with Gasteiger partial charge in [-0.2, -0.15) is 0 Å². The summed E-state index contributed by atoms with van der Waals surface area (Å²) in [5, 5.41) is 3.93. The van der Waals surface area contributed by atoms with E-state index in [2.05, 4.69) is 5.32 Å². The third-order valence-electron chi connectivity index (χ3n) is 3.80. The first kappa shape index (κ1) is 16.1. The number of nitrogens with two attached hydrogens (primary N) is 1. The largest absolute Gasteiger partial charge is 0.451 e. The zero-order valence-electron chi connectivity index (χ0n) is 12.9. The predicted octanol–water partition coefficient (Wildman–Crippen LogP) is 3.35. The Labute approximate surface area is 143 Å². The molecule has 3 N–H and O–H groups in total. The molecular formula is C18H15ClN2O3. The van der Waals surface area contributed by atoms with E-state index in [1.165, 1.54) is 0 Å². The van der Waals surface area contributed by atoms with Gasteiger partial charge in [0.15, 0.2) is 5.76 Å². The Morgan fingerprint density at radius 1 is 1.17 bits per heavy atom. The third kappa shape index (κ3) is 2.98. The fourth-order valence-corrected chi connectivity index (χ4v) is 2.74. The monoisotopic (exact) mass is 342 g/mol. The molecule has 0 aliphatic rings. The molecule has 0 radical (unpaired) electrons. The van der Waals surface area contributed by atoms with Gasteiger partial charge in [-0.1, -0.05) is 41.9 Å². The third-order valence-corrected chi connectivity index (χ3v) is 4.03. The number of nitrogens with one attached hydrogen (secondary N) is 1. The van der Waals surface area contributed by atoms with Crippen LogP contribution in [0.3, 0.4) is 0 Å². The number of hydrogen-bond acceptors (Lipinski definition) is 3. The van der Waals surface area contributed by atoms with Crippen molar-refractivity contribution in [2.75, 3.05) is 0 Å². The van der Waals surface area contributed by atoms with Gasteiger partial charge in [-0.3, -0.25) is 9.59 Å². The molecule has 122 valence electrons. The van der Waals surface area contributed by atoms with Crippen LogP contribution >= 0.6 is 11.6 Å². The number of carbonyl (C=O) groups excluding carboxylic acids is 2. The van der Waals surface area contributed by atoms with Gasteiger partial charge in [-0.25, -0.2) is 0 Å². The Hall–Kier alpha value is -2.79. The smallest absolute Gasteiger partial charge is 0.288 e. The van der Waals surface area contributed by atoms with Crippen LogP contribution < -0.4 is 11.1 Å². The van der Waals surface area contributed by atoms with Crippen LogP contribution in [0.15, 0.2) is 52.9 Å². The highest BCUT2D eigenvalue weighted by atomic mass is 35.5. The van der Waals surface area contributed by atoms with Crippen molar-refractivity contribution in [3.05, 3.63) is 70.4 Å². The van der Waals surface area contributed by atoms with E-state index >= 15 is 0 Å². The fraction of sp³-hybridized carbons (Fsp3) is 0.111. The van der Waals surface area contributed by atoms with Crippen molar-refractivity contribution in [1.29, 1.82) is 0 Å². The number of benzene rings is 2. The van der Waals surface area contributed by atoms with Gasteiger partial charge in [0.05, 0.1) is 0 Å². The summed E-state index contributed by atoms with van der Waals surface area (Å²) < 4.78 is 5.61. The summed E-state index contributed by atoms with van der Waals surface area (Å²) in [6, 6.07) is 13.0. The SMILES string of the molecule is Cc1c(C(=O)NC(C(N)=O)c2ccccc2)oc2ccc(Cl)cc12. The van der Waals surface area contributed by atoms with Crippen LogP contribution in [-0.2, 0) is 4.79 Å². The van der Waals surface area contributed by atoms with Crippen LogP contribution in [0.5, 0.6) is 0 Å². The number of rotatable bonds is 4. The highest BCUT2D eigenvalue weighted by Gasteiger charge is 2.24. The lowest BCUT2D eigenvalue weighted by molar-refractivity contribution is -0.120. The molecule has 1 aromatic heterocycles. The Bertz CT molecular complexity index is 919. The number of hydrogen-bond donors (Lipinski definition) is 2. The van der Waals surface area contributed by atoms with Crippen LogP contribution in [0.2, 0.25) is 5.02 Å². The first-order valence-corrected chi connectivity index (χ1v) is 7.69. The number of carbonyl (C=O) groups is 2. The number of furan rings is 1. The maximum atomic E-state index is 12.6. The summed E-state index contributed by atoms with van der Waals surface area (Å²) in [7, 11) is 0. The molecular weight excluding hydrogens is 328 g/mol. The molecule has 0 saturated heterocycles. The Kier molecular flexibility index (Phi) is 4.27. The highest BCUT2D eigenvalue weighted by molar-refractivity contribution is 6.31. The summed E-state index contributed by atoms with van der Waals surface area (Å²) in [6.07, 6.45) is 0. The van der Waals surface area contributed by atoms with Crippen molar-refractivity contribution in [3.8, 4) is 0 Å². The summed E-state index contributed by atoms with van der Waals surface area (Å²) in [6.45, 7) is 1.76. The summed E-state index contributed by atoms with van der Waals surface area (Å²) in [4.78, 5) is 24.3. The number of aryl methyl sites for hydroxylation is 1. The van der Waals surface area contributed by atoms with Gasteiger partial charge in [0.25, 0.3) is 5.91 Å². The van der Waals surface area contributed by atoms with Crippen molar-refractivity contribution in [3.63, 3.8) is 0 Å². The van der Waals surface area contributed by atoms with E-state index in [-0.39, 0.29) is 5.76 Å². The second kappa shape index (κ2) is 6.37. The van der Waals surface area contributed by atoms with Crippen LogP contribution in [0.1, 0.15) is 27.7 Å². The zero-order chi connectivity index (χ0) is 17.3. The van der Waals surface area contributed by atoms with Crippen LogP contribution in [-0.4, -0.2) is 11.8 Å². The Morgan fingerprint density at radius 2 is 1.88 bits per heavy atom. The molecule has 0 spiro atoms. The van der Waals surface area contributed by atoms with E-state index < -0.39 is 17.9 Å². The molecule has 2 aromatic carbocycles. The lowest BCUT2D eigenvalue weighted by Crippen LogP contribution is -2.37. The second-order valence-electron chi connectivity index (χ2n) is 5.42. The molecule has 0 fully saturated rings. The minimum atomic E-state index is -0.935. The first-order valence-electron chi connectivity index (χ1n) is 7.31. The van der Waals surface area contributed by atoms with E-state index in [4.69, 9.17) is 21.8 Å². The molecule has 1 atom stereocenters. The van der Waals surface area contributed by atoms with Crippen molar-refractivity contribution < 1.29 is 14.0 Å². The van der Waals surface area contributed by atoms with Crippen molar-refractivity contribution in [2.24, 2.45) is 5.73 Å². The van der Waals surface area contributed by atoms with Gasteiger partial charge in [0.1, 0.15) is 11.6 Å². The molecule has 3 aromatic rings. The lowest BCUT2D eigenvalue weighted by Gasteiger charge is -2.15. The summed E-state index contributed by atoms with van der Waals surface area (Å²) >= 11 is 5.98. The summed E-state index contributed by atoms with van der Waals surface area (Å²) in [5.74, 6) is -1.02. The molecule has 6 heteroatoms. The average Bonchev–Trinajstić information content (AvgIpc) is 2.89.